The van der Waals surface area contributed by atoms with Gasteiger partial charge in [0.15, 0.2) is 9.84 Å². The molecule has 1 aliphatic heterocycles. The van der Waals surface area contributed by atoms with Gasteiger partial charge in [-0.15, -0.1) is 0 Å². The zero-order chi connectivity index (χ0) is 21.5. The van der Waals surface area contributed by atoms with E-state index in [-0.39, 0.29) is 23.5 Å². The minimum absolute atomic E-state index is 0.0311. The maximum Gasteiger partial charge on any atom is 0.259 e. The van der Waals surface area contributed by atoms with E-state index in [0.717, 1.165) is 31.6 Å². The van der Waals surface area contributed by atoms with Crippen LogP contribution >= 0.6 is 0 Å². The van der Waals surface area contributed by atoms with E-state index in [1.807, 2.05) is 6.07 Å². The van der Waals surface area contributed by atoms with Crippen molar-refractivity contribution in [2.75, 3.05) is 37.7 Å². The van der Waals surface area contributed by atoms with Crippen molar-refractivity contribution in [3.8, 4) is 0 Å². The molecule has 164 valence electrons. The molecule has 9 heteroatoms. The molecule has 2 aromatic heterocycles. The third kappa shape index (κ3) is 4.23. The van der Waals surface area contributed by atoms with E-state index in [2.05, 4.69) is 28.9 Å². The fourth-order valence-corrected chi connectivity index (χ4v) is 6.02. The Morgan fingerprint density at radius 3 is 2.53 bits per heavy atom. The Bertz CT molecular complexity index is 1040. The zero-order valence-corrected chi connectivity index (χ0v) is 18.7. The monoisotopic (exact) mass is 434 g/mol. The van der Waals surface area contributed by atoms with Crippen molar-refractivity contribution >= 4 is 26.8 Å². The molecule has 1 aliphatic carbocycles. The number of aryl methyl sites for hydroxylation is 1. The van der Waals surface area contributed by atoms with E-state index in [1.165, 1.54) is 0 Å². The lowest BCUT2D eigenvalue weighted by molar-refractivity contribution is 0.0676. The van der Waals surface area contributed by atoms with Crippen LogP contribution in [0.1, 0.15) is 60.8 Å². The molecule has 0 radical (unpaired) electrons. The number of aromatic nitrogens is 2. The lowest BCUT2D eigenvalue weighted by atomic mass is 10.1. The van der Waals surface area contributed by atoms with Crippen molar-refractivity contribution in [2.24, 2.45) is 0 Å². The molecular weight excluding hydrogens is 404 g/mol. The summed E-state index contributed by atoms with van der Waals surface area (Å²) in [5.74, 6) is 0.383. The number of carbonyl (C=O) groups is 1. The Hall–Kier alpha value is -2.00. The van der Waals surface area contributed by atoms with Crippen molar-refractivity contribution in [3.05, 3.63) is 23.0 Å². The first kappa shape index (κ1) is 21.2. The number of nitrogens with zero attached hydrogens (tertiary/aromatic N) is 4. The van der Waals surface area contributed by atoms with Crippen LogP contribution in [0.3, 0.4) is 0 Å². The molecular formula is C21H30N4O4S. The predicted molar refractivity (Wildman–Crippen MR) is 114 cm³/mol. The molecule has 8 nitrogen and oxygen atoms in total. The van der Waals surface area contributed by atoms with Crippen molar-refractivity contribution in [3.63, 3.8) is 0 Å². The smallest absolute Gasteiger partial charge is 0.259 e. The zero-order valence-electron chi connectivity index (χ0n) is 17.9. The highest BCUT2D eigenvalue weighted by Crippen LogP contribution is 2.40. The molecule has 1 unspecified atom stereocenters. The second-order valence-electron chi connectivity index (χ2n) is 8.40. The summed E-state index contributed by atoms with van der Waals surface area (Å²) < 4.78 is 29.7. The van der Waals surface area contributed by atoms with Gasteiger partial charge in [-0.2, -0.15) is 0 Å². The summed E-state index contributed by atoms with van der Waals surface area (Å²) in [5.41, 5.74) is 2.42. The SMILES string of the molecule is CCN(CC)CCN(C(=O)c1cc(C2CC2)nc2onc(C)c12)C1CCS(=O)(=O)C1. The van der Waals surface area contributed by atoms with Crippen LogP contribution in [-0.2, 0) is 9.84 Å². The van der Waals surface area contributed by atoms with Gasteiger partial charge in [0, 0.05) is 30.7 Å². The average molecular weight is 435 g/mol. The standard InChI is InChI=1S/C21H30N4O4S/c1-4-24(5-2)9-10-25(16-8-11-30(27,28)13-16)21(26)17-12-18(15-6-7-15)22-20-19(17)14(3)23-29-20/h12,15-16H,4-11,13H2,1-3H3. The van der Waals surface area contributed by atoms with Gasteiger partial charge in [-0.05, 0) is 45.3 Å². The largest absolute Gasteiger partial charge is 0.336 e. The second kappa shape index (κ2) is 8.26. The molecule has 4 rings (SSSR count). The minimum atomic E-state index is -3.11. The van der Waals surface area contributed by atoms with Gasteiger partial charge in [0.1, 0.15) is 0 Å². The normalized spacial score (nSPS) is 20.9. The van der Waals surface area contributed by atoms with Crippen LogP contribution in [0.4, 0.5) is 0 Å². The second-order valence-corrected chi connectivity index (χ2v) is 10.6. The van der Waals surface area contributed by atoms with E-state index in [0.29, 0.717) is 47.8 Å². The maximum absolute atomic E-state index is 13.8. The number of carbonyl (C=O) groups excluding carboxylic acids is 1. The molecule has 1 saturated carbocycles. The van der Waals surface area contributed by atoms with Crippen molar-refractivity contribution in [1.29, 1.82) is 0 Å². The van der Waals surface area contributed by atoms with Gasteiger partial charge >= 0.3 is 0 Å². The fraction of sp³-hybridized carbons (Fsp3) is 0.667. The van der Waals surface area contributed by atoms with Gasteiger partial charge in [-0.25, -0.2) is 13.4 Å². The van der Waals surface area contributed by atoms with E-state index >= 15 is 0 Å². The number of fused-ring (bicyclic) bond motifs is 1. The number of rotatable bonds is 8. The minimum Gasteiger partial charge on any atom is -0.336 e. The molecule has 0 bridgehead atoms. The molecule has 1 atom stereocenters. The molecule has 1 saturated heterocycles. The highest BCUT2D eigenvalue weighted by Gasteiger charge is 2.37. The Morgan fingerprint density at radius 2 is 1.93 bits per heavy atom. The lowest BCUT2D eigenvalue weighted by Gasteiger charge is -2.31. The third-order valence-electron chi connectivity index (χ3n) is 6.32. The van der Waals surface area contributed by atoms with Crippen LogP contribution in [0.25, 0.3) is 11.1 Å². The topological polar surface area (TPSA) is 96.6 Å². The summed E-state index contributed by atoms with van der Waals surface area (Å²) in [4.78, 5) is 22.4. The Labute approximate surface area is 177 Å². The fourth-order valence-electron chi connectivity index (χ4n) is 4.29. The Kier molecular flexibility index (Phi) is 5.85. The van der Waals surface area contributed by atoms with Crippen LogP contribution in [0, 0.1) is 6.92 Å². The van der Waals surface area contributed by atoms with Crippen LogP contribution < -0.4 is 0 Å². The van der Waals surface area contributed by atoms with Crippen LogP contribution in [0.2, 0.25) is 0 Å². The molecule has 2 aliphatic rings. The first-order chi connectivity index (χ1) is 14.3. The van der Waals surface area contributed by atoms with E-state index in [1.54, 1.807) is 11.8 Å². The number of likely N-dealkylation sites (N-methyl/N-ethyl adjacent to an activating group) is 1. The number of pyridine rings is 1. The summed E-state index contributed by atoms with van der Waals surface area (Å²) in [6, 6.07) is 1.58. The van der Waals surface area contributed by atoms with Gasteiger partial charge in [0.2, 0.25) is 0 Å². The van der Waals surface area contributed by atoms with Gasteiger partial charge < -0.3 is 14.3 Å². The molecule has 0 N–H and O–H groups in total. The van der Waals surface area contributed by atoms with Gasteiger partial charge in [-0.3, -0.25) is 4.79 Å². The summed E-state index contributed by atoms with van der Waals surface area (Å²) in [6.07, 6.45) is 2.61. The van der Waals surface area contributed by atoms with Crippen molar-refractivity contribution in [2.45, 2.75) is 52.0 Å². The molecule has 1 amide bonds. The molecule has 3 heterocycles. The summed E-state index contributed by atoms with van der Waals surface area (Å²) in [7, 11) is -3.11. The van der Waals surface area contributed by atoms with Crippen LogP contribution in [-0.4, -0.2) is 78.0 Å². The first-order valence-electron chi connectivity index (χ1n) is 10.8. The Morgan fingerprint density at radius 1 is 1.20 bits per heavy atom. The van der Waals surface area contributed by atoms with Crippen molar-refractivity contribution < 1.29 is 17.7 Å². The summed E-state index contributed by atoms with van der Waals surface area (Å²) >= 11 is 0. The third-order valence-corrected chi connectivity index (χ3v) is 8.07. The van der Waals surface area contributed by atoms with Crippen molar-refractivity contribution in [1.82, 2.24) is 19.9 Å². The number of hydrogen-bond donors (Lipinski definition) is 0. The molecule has 0 spiro atoms. The maximum atomic E-state index is 13.8. The van der Waals surface area contributed by atoms with Crippen LogP contribution in [0.5, 0.6) is 0 Å². The lowest BCUT2D eigenvalue weighted by Crippen LogP contribution is -2.45. The highest BCUT2D eigenvalue weighted by atomic mass is 32.2. The average Bonchev–Trinajstić information content (AvgIpc) is 3.43. The van der Waals surface area contributed by atoms with Crippen LogP contribution in [0.15, 0.2) is 10.6 Å². The summed E-state index contributed by atoms with van der Waals surface area (Å²) in [6.45, 7) is 8.96. The molecule has 30 heavy (non-hydrogen) atoms. The first-order valence-corrected chi connectivity index (χ1v) is 12.7. The van der Waals surface area contributed by atoms with Gasteiger partial charge in [0.25, 0.3) is 11.6 Å². The summed E-state index contributed by atoms with van der Waals surface area (Å²) in [5, 5.41) is 4.67. The van der Waals surface area contributed by atoms with E-state index in [9.17, 15) is 13.2 Å². The van der Waals surface area contributed by atoms with E-state index in [4.69, 9.17) is 4.52 Å². The molecule has 0 aromatic carbocycles. The van der Waals surface area contributed by atoms with Gasteiger partial charge in [0.05, 0.1) is 28.1 Å². The highest BCUT2D eigenvalue weighted by molar-refractivity contribution is 7.91. The predicted octanol–water partition coefficient (Wildman–Crippen LogP) is 2.38. The number of amides is 1. The number of sulfone groups is 1. The quantitative estimate of drug-likeness (QED) is 0.629. The van der Waals surface area contributed by atoms with Gasteiger partial charge in [-0.1, -0.05) is 19.0 Å². The molecule has 2 aromatic rings. The number of hydrogen-bond acceptors (Lipinski definition) is 7. The van der Waals surface area contributed by atoms with E-state index < -0.39 is 9.84 Å². The molecule has 2 fully saturated rings. The Balaban J connectivity index is 1.71.